The van der Waals surface area contributed by atoms with E-state index in [-0.39, 0.29) is 23.7 Å². The lowest BCUT2D eigenvalue weighted by Gasteiger charge is -2.28. The molecule has 0 spiro atoms. The number of rotatable bonds is 6. The number of carbonyl (C=O) groups is 1. The van der Waals surface area contributed by atoms with Gasteiger partial charge in [-0.1, -0.05) is 18.5 Å². The predicted octanol–water partition coefficient (Wildman–Crippen LogP) is 2.95. The molecule has 1 unspecified atom stereocenters. The third-order valence-corrected chi connectivity index (χ3v) is 3.43. The fraction of sp³-hybridized carbons (Fsp3) is 0.533. The van der Waals surface area contributed by atoms with Gasteiger partial charge >= 0.3 is 0 Å². The first kappa shape index (κ1) is 16.8. The van der Waals surface area contributed by atoms with E-state index in [2.05, 4.69) is 5.32 Å². The van der Waals surface area contributed by atoms with Crippen LogP contribution in [0.5, 0.6) is 5.75 Å². The number of aromatic hydroxyl groups is 1. The lowest BCUT2D eigenvalue weighted by atomic mass is 10.1. The summed E-state index contributed by atoms with van der Waals surface area (Å²) in [6.45, 7) is 8.81. The Morgan fingerprint density at radius 1 is 1.40 bits per heavy atom. The number of likely N-dealkylation sites (N-methyl/N-ethyl adjacent to an activating group) is 1. The van der Waals surface area contributed by atoms with Crippen LogP contribution in [0.1, 0.15) is 39.3 Å². The zero-order chi connectivity index (χ0) is 15.3. The highest BCUT2D eigenvalue weighted by Crippen LogP contribution is 2.30. The smallest absolute Gasteiger partial charge is 0.234 e. The molecule has 0 heterocycles. The van der Waals surface area contributed by atoms with Crippen molar-refractivity contribution in [2.24, 2.45) is 0 Å². The van der Waals surface area contributed by atoms with Gasteiger partial charge in [0.15, 0.2) is 0 Å². The fourth-order valence-corrected chi connectivity index (χ4v) is 2.31. The summed E-state index contributed by atoms with van der Waals surface area (Å²) in [5.74, 6) is 0.180. The Morgan fingerprint density at radius 3 is 2.60 bits per heavy atom. The topological polar surface area (TPSA) is 52.6 Å². The predicted molar refractivity (Wildman–Crippen MR) is 82.1 cm³/mol. The maximum atomic E-state index is 11.9. The summed E-state index contributed by atoms with van der Waals surface area (Å²) in [7, 11) is 0. The molecule has 1 aromatic rings. The van der Waals surface area contributed by atoms with Crippen LogP contribution in [0.2, 0.25) is 5.02 Å². The summed E-state index contributed by atoms with van der Waals surface area (Å²) < 4.78 is 0. The number of hydrogen-bond acceptors (Lipinski definition) is 3. The van der Waals surface area contributed by atoms with Crippen molar-refractivity contribution in [1.29, 1.82) is 0 Å². The Labute approximate surface area is 125 Å². The lowest BCUT2D eigenvalue weighted by Crippen LogP contribution is -2.41. The van der Waals surface area contributed by atoms with Gasteiger partial charge in [-0.05, 0) is 45.5 Å². The van der Waals surface area contributed by atoms with Gasteiger partial charge in [-0.15, -0.1) is 0 Å². The fourth-order valence-electron chi connectivity index (χ4n) is 2.13. The summed E-state index contributed by atoms with van der Waals surface area (Å²) in [6.07, 6.45) is 0. The van der Waals surface area contributed by atoms with Crippen LogP contribution in [0.4, 0.5) is 0 Å². The van der Waals surface area contributed by atoms with Crippen molar-refractivity contribution in [3.63, 3.8) is 0 Å². The van der Waals surface area contributed by atoms with Gasteiger partial charge in [0.05, 0.1) is 6.54 Å². The summed E-state index contributed by atoms with van der Waals surface area (Å²) in [5.41, 5.74) is 0.733. The summed E-state index contributed by atoms with van der Waals surface area (Å²) in [5, 5.41) is 13.4. The number of phenolic OH excluding ortho intramolecular Hbond substituents is 1. The van der Waals surface area contributed by atoms with E-state index < -0.39 is 0 Å². The highest BCUT2D eigenvalue weighted by atomic mass is 35.5. The molecule has 0 bridgehead atoms. The van der Waals surface area contributed by atoms with Crippen LogP contribution in [0.3, 0.4) is 0 Å². The van der Waals surface area contributed by atoms with Gasteiger partial charge in [0.25, 0.3) is 0 Å². The van der Waals surface area contributed by atoms with Crippen molar-refractivity contribution in [1.82, 2.24) is 10.2 Å². The van der Waals surface area contributed by atoms with E-state index >= 15 is 0 Å². The minimum atomic E-state index is -0.0865. The molecule has 112 valence electrons. The van der Waals surface area contributed by atoms with Crippen molar-refractivity contribution in [2.45, 2.75) is 39.8 Å². The molecule has 0 saturated heterocycles. The summed E-state index contributed by atoms with van der Waals surface area (Å²) in [4.78, 5) is 13.9. The maximum Gasteiger partial charge on any atom is 0.234 e. The number of benzene rings is 1. The molecule has 0 aromatic heterocycles. The van der Waals surface area contributed by atoms with E-state index in [1.54, 1.807) is 18.2 Å². The molecular formula is C15H23ClN2O2. The number of phenols is 1. The maximum absolute atomic E-state index is 11.9. The molecular weight excluding hydrogens is 276 g/mol. The van der Waals surface area contributed by atoms with Crippen LogP contribution in [0.25, 0.3) is 0 Å². The van der Waals surface area contributed by atoms with Gasteiger partial charge in [0.2, 0.25) is 5.91 Å². The van der Waals surface area contributed by atoms with E-state index in [0.29, 0.717) is 18.1 Å². The van der Waals surface area contributed by atoms with Crippen molar-refractivity contribution >= 4 is 17.5 Å². The van der Waals surface area contributed by atoms with Crippen molar-refractivity contribution < 1.29 is 9.90 Å². The number of amides is 1. The van der Waals surface area contributed by atoms with Crippen LogP contribution >= 0.6 is 11.6 Å². The van der Waals surface area contributed by atoms with Gasteiger partial charge in [0, 0.05) is 22.7 Å². The van der Waals surface area contributed by atoms with Crippen LogP contribution in [-0.2, 0) is 4.79 Å². The number of halogens is 1. The standard InChI is InChI=1S/C15H23ClN2O2/c1-5-18(9-15(20)17-10(2)3)11(4)13-8-12(16)6-7-14(13)19/h6-8,10-11,19H,5,9H2,1-4H3,(H,17,20). The highest BCUT2D eigenvalue weighted by Gasteiger charge is 2.20. The highest BCUT2D eigenvalue weighted by molar-refractivity contribution is 6.30. The number of carbonyl (C=O) groups excluding carboxylic acids is 1. The third kappa shape index (κ3) is 4.69. The molecule has 1 atom stereocenters. The van der Waals surface area contributed by atoms with Crippen molar-refractivity contribution in [3.05, 3.63) is 28.8 Å². The first-order valence-electron chi connectivity index (χ1n) is 6.87. The van der Waals surface area contributed by atoms with Crippen LogP contribution in [0.15, 0.2) is 18.2 Å². The van der Waals surface area contributed by atoms with E-state index in [1.165, 1.54) is 0 Å². The summed E-state index contributed by atoms with van der Waals surface area (Å²) >= 11 is 5.97. The minimum absolute atomic E-state index is 0.0183. The number of nitrogens with zero attached hydrogens (tertiary/aromatic N) is 1. The number of nitrogens with one attached hydrogen (secondary N) is 1. The van der Waals surface area contributed by atoms with Crippen LogP contribution in [-0.4, -0.2) is 35.0 Å². The quantitative estimate of drug-likeness (QED) is 0.849. The normalized spacial score (nSPS) is 12.8. The van der Waals surface area contributed by atoms with E-state index in [0.717, 1.165) is 5.56 Å². The molecule has 0 aliphatic carbocycles. The molecule has 1 rings (SSSR count). The number of hydrogen-bond donors (Lipinski definition) is 2. The Hall–Kier alpha value is -1.26. The molecule has 0 aliphatic rings. The molecule has 1 amide bonds. The second-order valence-corrected chi connectivity index (χ2v) is 5.60. The van der Waals surface area contributed by atoms with E-state index in [9.17, 15) is 9.90 Å². The second kappa shape index (κ2) is 7.50. The lowest BCUT2D eigenvalue weighted by molar-refractivity contribution is -0.123. The molecule has 0 fully saturated rings. The Kier molecular flexibility index (Phi) is 6.30. The monoisotopic (exact) mass is 298 g/mol. The van der Waals surface area contributed by atoms with E-state index in [1.807, 2.05) is 32.6 Å². The second-order valence-electron chi connectivity index (χ2n) is 5.16. The van der Waals surface area contributed by atoms with E-state index in [4.69, 9.17) is 11.6 Å². The molecule has 0 radical (unpaired) electrons. The molecule has 1 aromatic carbocycles. The molecule has 5 heteroatoms. The molecule has 20 heavy (non-hydrogen) atoms. The zero-order valence-electron chi connectivity index (χ0n) is 12.5. The largest absolute Gasteiger partial charge is 0.508 e. The van der Waals surface area contributed by atoms with Gasteiger partial charge in [-0.2, -0.15) is 0 Å². The molecule has 0 aliphatic heterocycles. The molecule has 2 N–H and O–H groups in total. The van der Waals surface area contributed by atoms with Gasteiger partial charge in [-0.25, -0.2) is 0 Å². The SMILES string of the molecule is CCN(CC(=O)NC(C)C)C(C)c1cc(Cl)ccc1O. The zero-order valence-corrected chi connectivity index (χ0v) is 13.2. The summed E-state index contributed by atoms with van der Waals surface area (Å²) in [6, 6.07) is 5.00. The first-order valence-corrected chi connectivity index (χ1v) is 7.24. The molecule has 0 saturated carbocycles. The Balaban J connectivity index is 2.83. The van der Waals surface area contributed by atoms with Crippen molar-refractivity contribution in [3.8, 4) is 5.75 Å². The Bertz CT molecular complexity index is 463. The van der Waals surface area contributed by atoms with Gasteiger partial charge < -0.3 is 10.4 Å². The van der Waals surface area contributed by atoms with Crippen LogP contribution in [0, 0.1) is 0 Å². The molecule has 4 nitrogen and oxygen atoms in total. The van der Waals surface area contributed by atoms with Crippen LogP contribution < -0.4 is 5.32 Å². The van der Waals surface area contributed by atoms with Gasteiger partial charge in [-0.3, -0.25) is 9.69 Å². The Morgan fingerprint density at radius 2 is 2.05 bits per heavy atom. The minimum Gasteiger partial charge on any atom is -0.508 e. The van der Waals surface area contributed by atoms with Gasteiger partial charge in [0.1, 0.15) is 5.75 Å². The third-order valence-electron chi connectivity index (χ3n) is 3.19. The first-order chi connectivity index (χ1) is 9.35. The van der Waals surface area contributed by atoms with Crippen molar-refractivity contribution in [2.75, 3.05) is 13.1 Å². The average molecular weight is 299 g/mol. The average Bonchev–Trinajstić information content (AvgIpc) is 2.37.